The van der Waals surface area contributed by atoms with Gasteiger partial charge in [-0.1, -0.05) is 17.7 Å². The molecular formula is C24H19ClF3NO6. The fourth-order valence-electron chi connectivity index (χ4n) is 3.80. The van der Waals surface area contributed by atoms with E-state index in [0.29, 0.717) is 12.8 Å². The molecule has 1 aliphatic carbocycles. The van der Waals surface area contributed by atoms with Gasteiger partial charge >= 0.3 is 12.1 Å². The molecule has 7 nitrogen and oxygen atoms in total. The average molecular weight is 510 g/mol. The van der Waals surface area contributed by atoms with Gasteiger partial charge in [-0.15, -0.1) is 0 Å². The molecule has 1 aliphatic rings. The quantitative estimate of drug-likeness (QED) is 0.489. The van der Waals surface area contributed by atoms with E-state index >= 15 is 0 Å². The topological polar surface area (TPSA) is 94.8 Å². The maximum Gasteiger partial charge on any atom is 0.416 e. The average Bonchev–Trinajstić information content (AvgIpc) is 2.79. The summed E-state index contributed by atoms with van der Waals surface area (Å²) in [6.45, 7) is -0.591. The van der Waals surface area contributed by atoms with Crippen LogP contribution in [0.3, 0.4) is 0 Å². The molecule has 11 heteroatoms. The van der Waals surface area contributed by atoms with Gasteiger partial charge in [0.05, 0.1) is 34.6 Å². The second-order valence-corrected chi connectivity index (χ2v) is 8.45. The molecule has 1 saturated carbocycles. The van der Waals surface area contributed by atoms with Crippen LogP contribution in [0.1, 0.15) is 18.4 Å². The summed E-state index contributed by atoms with van der Waals surface area (Å²) in [6, 6.07) is 8.10. The predicted octanol–water partition coefficient (Wildman–Crippen LogP) is 4.58. The van der Waals surface area contributed by atoms with Crippen LogP contribution in [0, 0.1) is 5.92 Å². The van der Waals surface area contributed by atoms with Crippen molar-refractivity contribution >= 4 is 34.4 Å². The van der Waals surface area contributed by atoms with E-state index in [2.05, 4.69) is 10.1 Å². The Morgan fingerprint density at radius 1 is 1.17 bits per heavy atom. The first-order valence-corrected chi connectivity index (χ1v) is 10.9. The van der Waals surface area contributed by atoms with Gasteiger partial charge in [0.2, 0.25) is 0 Å². The van der Waals surface area contributed by atoms with Crippen LogP contribution in [0.4, 0.5) is 13.2 Å². The highest BCUT2D eigenvalue weighted by Gasteiger charge is 2.36. The molecule has 1 amide bonds. The van der Waals surface area contributed by atoms with Gasteiger partial charge < -0.3 is 19.2 Å². The minimum Gasteiger partial charge on any atom is -0.483 e. The predicted molar refractivity (Wildman–Crippen MR) is 120 cm³/mol. The number of hydrogen-bond acceptors (Lipinski definition) is 6. The molecule has 0 aliphatic heterocycles. The number of carbonyl (C=O) groups is 2. The van der Waals surface area contributed by atoms with Gasteiger partial charge in [0.1, 0.15) is 11.5 Å². The van der Waals surface area contributed by atoms with E-state index in [9.17, 15) is 27.6 Å². The molecule has 1 N–H and O–H groups in total. The fourth-order valence-corrected chi connectivity index (χ4v) is 4.02. The van der Waals surface area contributed by atoms with E-state index < -0.39 is 29.7 Å². The molecule has 0 spiro atoms. The number of rotatable bonds is 6. The summed E-state index contributed by atoms with van der Waals surface area (Å²) in [6.07, 6.45) is -3.87. The normalized spacial score (nSPS) is 17.5. The number of methoxy groups -OCH3 is 1. The summed E-state index contributed by atoms with van der Waals surface area (Å²) in [5.74, 6) is -1.61. The Labute approximate surface area is 201 Å². The smallest absolute Gasteiger partial charge is 0.416 e. The third-order valence-electron chi connectivity index (χ3n) is 5.68. The van der Waals surface area contributed by atoms with Gasteiger partial charge in [0, 0.05) is 12.1 Å². The van der Waals surface area contributed by atoms with Crippen LogP contribution in [0.2, 0.25) is 5.02 Å². The van der Waals surface area contributed by atoms with Crippen LogP contribution in [-0.2, 0) is 20.5 Å². The van der Waals surface area contributed by atoms with Gasteiger partial charge in [-0.25, -0.2) is 0 Å². The van der Waals surface area contributed by atoms with Crippen molar-refractivity contribution in [1.29, 1.82) is 0 Å². The van der Waals surface area contributed by atoms with Crippen molar-refractivity contribution in [3.05, 3.63) is 63.3 Å². The summed E-state index contributed by atoms with van der Waals surface area (Å²) in [5.41, 5.74) is -1.33. The highest BCUT2D eigenvalue weighted by Crippen LogP contribution is 2.38. The first-order chi connectivity index (χ1) is 16.6. The summed E-state index contributed by atoms with van der Waals surface area (Å²) in [7, 11) is 1.28. The van der Waals surface area contributed by atoms with E-state index in [1.807, 2.05) is 0 Å². The van der Waals surface area contributed by atoms with Crippen molar-refractivity contribution in [2.45, 2.75) is 25.1 Å². The van der Waals surface area contributed by atoms with Crippen molar-refractivity contribution in [1.82, 2.24) is 5.32 Å². The van der Waals surface area contributed by atoms with E-state index in [4.69, 9.17) is 20.8 Å². The number of ether oxygens (including phenoxy) is 2. The van der Waals surface area contributed by atoms with Crippen LogP contribution in [0.25, 0.3) is 22.3 Å². The second kappa shape index (κ2) is 9.61. The van der Waals surface area contributed by atoms with Crippen molar-refractivity contribution in [3.8, 4) is 17.1 Å². The summed E-state index contributed by atoms with van der Waals surface area (Å²) in [4.78, 5) is 36.3. The second-order valence-electron chi connectivity index (χ2n) is 8.04. The Balaban J connectivity index is 1.58. The first kappa shape index (κ1) is 24.6. The number of nitrogens with one attached hydrogen (secondary N) is 1. The largest absolute Gasteiger partial charge is 0.483 e. The lowest BCUT2D eigenvalue weighted by Gasteiger charge is -2.33. The number of esters is 1. The molecule has 184 valence electrons. The molecule has 1 aromatic heterocycles. The molecule has 0 saturated heterocycles. The molecule has 1 heterocycles. The highest BCUT2D eigenvalue weighted by molar-refractivity contribution is 6.34. The van der Waals surface area contributed by atoms with Crippen LogP contribution >= 0.6 is 11.6 Å². The van der Waals surface area contributed by atoms with Crippen LogP contribution in [-0.4, -0.2) is 31.6 Å². The summed E-state index contributed by atoms with van der Waals surface area (Å²) in [5, 5.41) is 3.02. The highest BCUT2D eigenvalue weighted by atomic mass is 35.5. The molecule has 1 fully saturated rings. The zero-order chi connectivity index (χ0) is 25.3. The van der Waals surface area contributed by atoms with Crippen molar-refractivity contribution < 1.29 is 36.7 Å². The van der Waals surface area contributed by atoms with Crippen molar-refractivity contribution in [2.24, 2.45) is 5.92 Å². The molecule has 3 aromatic rings. The van der Waals surface area contributed by atoms with Crippen molar-refractivity contribution in [2.75, 3.05) is 13.7 Å². The molecule has 35 heavy (non-hydrogen) atoms. The number of benzene rings is 2. The van der Waals surface area contributed by atoms with Crippen LogP contribution in [0.5, 0.6) is 5.75 Å². The minimum atomic E-state index is -4.67. The van der Waals surface area contributed by atoms with Gasteiger partial charge in [-0.05, 0) is 43.2 Å². The molecule has 0 atom stereocenters. The number of fused-ring (bicyclic) bond motifs is 1. The number of halogens is 4. The third-order valence-corrected chi connectivity index (χ3v) is 5.98. The number of amides is 1. The zero-order valence-corrected chi connectivity index (χ0v) is 19.0. The standard InChI is InChI=1S/C24H19ClF3NO6/c1-33-23(32)12-7-14(8-12)29-21(31)11-34-19-9-13(24(26,27)28)5-6-16(19)20-10-18(30)15-3-2-4-17(25)22(15)35-20/h2-6,9-10,12,14H,7-8,11H2,1H3,(H,29,31). The van der Waals surface area contributed by atoms with Gasteiger partial charge in [0.15, 0.2) is 17.6 Å². The lowest BCUT2D eigenvalue weighted by molar-refractivity contribution is -0.150. The van der Waals surface area contributed by atoms with E-state index in [1.54, 1.807) is 6.07 Å². The Morgan fingerprint density at radius 3 is 2.60 bits per heavy atom. The van der Waals surface area contributed by atoms with Crippen LogP contribution < -0.4 is 15.5 Å². The summed E-state index contributed by atoms with van der Waals surface area (Å²) < 4.78 is 55.8. The zero-order valence-electron chi connectivity index (χ0n) is 18.3. The number of hydrogen-bond donors (Lipinski definition) is 1. The summed E-state index contributed by atoms with van der Waals surface area (Å²) >= 11 is 6.13. The molecule has 0 unspecified atom stereocenters. The molecule has 0 bridgehead atoms. The van der Waals surface area contributed by atoms with Gasteiger partial charge in [0.25, 0.3) is 5.91 Å². The van der Waals surface area contributed by atoms with Crippen LogP contribution in [0.15, 0.2) is 51.7 Å². The Kier molecular flexibility index (Phi) is 6.75. The minimum absolute atomic E-state index is 0.0409. The Bertz CT molecular complexity index is 1350. The Morgan fingerprint density at radius 2 is 1.91 bits per heavy atom. The number of alkyl halides is 3. The van der Waals surface area contributed by atoms with E-state index in [0.717, 1.165) is 24.3 Å². The molecule has 0 radical (unpaired) electrons. The maximum atomic E-state index is 13.3. The monoisotopic (exact) mass is 509 g/mol. The lowest BCUT2D eigenvalue weighted by Crippen LogP contribution is -2.48. The molecule has 2 aromatic carbocycles. The lowest BCUT2D eigenvalue weighted by atomic mass is 9.80. The van der Waals surface area contributed by atoms with Gasteiger partial charge in [-0.2, -0.15) is 13.2 Å². The third kappa shape index (κ3) is 5.27. The fraction of sp³-hybridized carbons (Fsp3) is 0.292. The van der Waals surface area contributed by atoms with Gasteiger partial charge in [-0.3, -0.25) is 14.4 Å². The number of carbonyl (C=O) groups excluding carboxylic acids is 2. The van der Waals surface area contributed by atoms with E-state index in [-0.39, 0.29) is 51.0 Å². The Hall–Kier alpha value is -3.53. The molecular weight excluding hydrogens is 491 g/mol. The first-order valence-electron chi connectivity index (χ1n) is 10.5. The maximum absolute atomic E-state index is 13.3. The van der Waals surface area contributed by atoms with E-state index in [1.165, 1.54) is 19.2 Å². The number of para-hydroxylation sites is 1. The van der Waals surface area contributed by atoms with Crippen molar-refractivity contribution in [3.63, 3.8) is 0 Å². The SMILES string of the molecule is COC(=O)C1CC(NC(=O)COc2cc(C(F)(F)F)ccc2-c2cc(=O)c3cccc(Cl)c3o2)C1. The molecule has 4 rings (SSSR count).